The van der Waals surface area contributed by atoms with Crippen molar-refractivity contribution in [1.29, 1.82) is 0 Å². The average molecular weight is 377 g/mol. The van der Waals surface area contributed by atoms with Crippen molar-refractivity contribution in [2.75, 3.05) is 33.5 Å². The van der Waals surface area contributed by atoms with E-state index in [4.69, 9.17) is 14.2 Å². The summed E-state index contributed by atoms with van der Waals surface area (Å²) in [5, 5.41) is 5.25. The van der Waals surface area contributed by atoms with E-state index in [2.05, 4.69) is 10.6 Å². The van der Waals surface area contributed by atoms with Gasteiger partial charge in [0, 0.05) is 26.2 Å². The molecule has 0 unspecified atom stereocenters. The lowest BCUT2D eigenvalue weighted by atomic mass is 9.97. The van der Waals surface area contributed by atoms with Crippen molar-refractivity contribution in [3.05, 3.63) is 23.8 Å². The highest BCUT2D eigenvalue weighted by molar-refractivity contribution is 6.35. The Bertz CT molecular complexity index is 715. The number of likely N-dealkylation sites (tertiary alicyclic amines) is 1. The highest BCUT2D eigenvalue weighted by Crippen LogP contribution is 2.32. The van der Waals surface area contributed by atoms with Crippen LogP contribution >= 0.6 is 0 Å². The van der Waals surface area contributed by atoms with Crippen molar-refractivity contribution in [2.24, 2.45) is 5.92 Å². The Balaban J connectivity index is 1.37. The van der Waals surface area contributed by atoms with Gasteiger partial charge in [0.25, 0.3) is 0 Å². The van der Waals surface area contributed by atoms with E-state index in [0.717, 1.165) is 18.4 Å². The monoisotopic (exact) mass is 377 g/mol. The van der Waals surface area contributed by atoms with E-state index >= 15 is 0 Å². The number of nitrogens with zero attached hydrogens (tertiary/aromatic N) is 1. The first kappa shape index (κ1) is 18.8. The zero-order chi connectivity index (χ0) is 19.2. The fourth-order valence-electron chi connectivity index (χ4n) is 3.08. The normalized spacial score (nSPS) is 16.0. The van der Waals surface area contributed by atoms with Crippen LogP contribution in [-0.4, -0.2) is 56.3 Å². The van der Waals surface area contributed by atoms with E-state index in [-0.39, 0.29) is 25.3 Å². The molecule has 146 valence electrons. The molecule has 9 heteroatoms. The van der Waals surface area contributed by atoms with Gasteiger partial charge in [-0.15, -0.1) is 0 Å². The number of benzene rings is 1. The molecule has 1 aromatic carbocycles. The third-order valence-corrected chi connectivity index (χ3v) is 4.69. The fraction of sp³-hybridized carbons (Fsp3) is 0.500. The summed E-state index contributed by atoms with van der Waals surface area (Å²) in [5.41, 5.74) is 0.815. The van der Waals surface area contributed by atoms with Crippen molar-refractivity contribution in [1.82, 2.24) is 15.5 Å². The van der Waals surface area contributed by atoms with E-state index in [0.29, 0.717) is 31.1 Å². The second-order valence-electron chi connectivity index (χ2n) is 6.48. The lowest BCUT2D eigenvalue weighted by Crippen LogP contribution is -2.44. The maximum absolute atomic E-state index is 12.0. The summed E-state index contributed by atoms with van der Waals surface area (Å²) in [5.74, 6) is 0.188. The molecule has 27 heavy (non-hydrogen) atoms. The van der Waals surface area contributed by atoms with E-state index in [1.807, 2.05) is 0 Å². The number of nitrogens with one attached hydrogen (secondary N) is 2. The van der Waals surface area contributed by atoms with E-state index < -0.39 is 11.8 Å². The van der Waals surface area contributed by atoms with Gasteiger partial charge in [0.2, 0.25) is 6.79 Å². The Morgan fingerprint density at radius 2 is 1.81 bits per heavy atom. The Kier molecular flexibility index (Phi) is 6.00. The minimum absolute atomic E-state index is 0.187. The third-order valence-electron chi connectivity index (χ3n) is 4.69. The number of rotatable bonds is 4. The van der Waals surface area contributed by atoms with E-state index in [1.54, 1.807) is 23.1 Å². The molecule has 0 saturated carbocycles. The van der Waals surface area contributed by atoms with Crippen molar-refractivity contribution in [2.45, 2.75) is 19.4 Å². The number of carbonyl (C=O) groups is 3. The smallest absolute Gasteiger partial charge is 0.409 e. The van der Waals surface area contributed by atoms with E-state index in [1.165, 1.54) is 7.11 Å². The fourth-order valence-corrected chi connectivity index (χ4v) is 3.08. The molecule has 0 aliphatic carbocycles. The molecule has 3 amide bonds. The van der Waals surface area contributed by atoms with Crippen LogP contribution in [0.15, 0.2) is 18.2 Å². The number of carbonyl (C=O) groups excluding carboxylic acids is 3. The largest absolute Gasteiger partial charge is 0.454 e. The van der Waals surface area contributed by atoms with Crippen molar-refractivity contribution in [3.63, 3.8) is 0 Å². The summed E-state index contributed by atoms with van der Waals surface area (Å²) in [4.78, 5) is 37.0. The van der Waals surface area contributed by atoms with Crippen LogP contribution < -0.4 is 20.1 Å². The standard InChI is InChI=1S/C18H23N3O6/c1-25-18(24)21-6-4-12(5-7-21)9-19-16(22)17(23)20-10-13-2-3-14-15(8-13)27-11-26-14/h2-3,8,12H,4-7,9-11H2,1H3,(H,19,22)(H,20,23). The summed E-state index contributed by atoms with van der Waals surface area (Å²) in [6.07, 6.45) is 1.18. The highest BCUT2D eigenvalue weighted by atomic mass is 16.7. The molecule has 1 fully saturated rings. The third kappa shape index (κ3) is 4.81. The second kappa shape index (κ2) is 8.61. The molecule has 0 bridgehead atoms. The Morgan fingerprint density at radius 1 is 1.11 bits per heavy atom. The Hall–Kier alpha value is -2.97. The molecule has 1 saturated heterocycles. The van der Waals surface area contributed by atoms with Gasteiger partial charge in [-0.25, -0.2) is 4.79 Å². The van der Waals surface area contributed by atoms with Crippen LogP contribution in [0.5, 0.6) is 11.5 Å². The van der Waals surface area contributed by atoms with Gasteiger partial charge in [-0.3, -0.25) is 9.59 Å². The summed E-state index contributed by atoms with van der Waals surface area (Å²) >= 11 is 0. The van der Waals surface area contributed by atoms with Gasteiger partial charge in [0.05, 0.1) is 7.11 Å². The summed E-state index contributed by atoms with van der Waals surface area (Å²) in [6.45, 7) is 1.99. The summed E-state index contributed by atoms with van der Waals surface area (Å²) < 4.78 is 15.2. The predicted octanol–water partition coefficient (Wildman–Crippen LogP) is 0.626. The number of hydrogen-bond donors (Lipinski definition) is 2. The molecule has 0 atom stereocenters. The van der Waals surface area contributed by atoms with Gasteiger partial charge in [-0.1, -0.05) is 6.07 Å². The van der Waals surface area contributed by atoms with Crippen molar-refractivity contribution >= 4 is 17.9 Å². The van der Waals surface area contributed by atoms with Crippen LogP contribution in [0.3, 0.4) is 0 Å². The van der Waals surface area contributed by atoms with Gasteiger partial charge < -0.3 is 29.7 Å². The Labute approximate surface area is 156 Å². The average Bonchev–Trinajstić information content (AvgIpc) is 3.17. The zero-order valence-electron chi connectivity index (χ0n) is 15.2. The number of hydrogen-bond acceptors (Lipinski definition) is 6. The predicted molar refractivity (Wildman–Crippen MR) is 94.1 cm³/mol. The topological polar surface area (TPSA) is 106 Å². The van der Waals surface area contributed by atoms with Gasteiger partial charge in [0.1, 0.15) is 0 Å². The maximum Gasteiger partial charge on any atom is 0.409 e. The number of piperidine rings is 1. The minimum Gasteiger partial charge on any atom is -0.454 e. The lowest BCUT2D eigenvalue weighted by molar-refractivity contribution is -0.139. The van der Waals surface area contributed by atoms with Gasteiger partial charge in [-0.2, -0.15) is 0 Å². The number of amides is 3. The Morgan fingerprint density at radius 3 is 2.56 bits per heavy atom. The van der Waals surface area contributed by atoms with Crippen LogP contribution in [0.4, 0.5) is 4.79 Å². The van der Waals surface area contributed by atoms with Gasteiger partial charge >= 0.3 is 17.9 Å². The molecule has 2 N–H and O–H groups in total. The van der Waals surface area contributed by atoms with Crippen LogP contribution in [0.25, 0.3) is 0 Å². The summed E-state index contributed by atoms with van der Waals surface area (Å²) in [7, 11) is 1.36. The first-order valence-corrected chi connectivity index (χ1v) is 8.84. The molecule has 0 radical (unpaired) electrons. The molecular weight excluding hydrogens is 354 g/mol. The molecule has 2 heterocycles. The quantitative estimate of drug-likeness (QED) is 0.746. The van der Waals surface area contributed by atoms with Gasteiger partial charge in [-0.05, 0) is 36.5 Å². The van der Waals surface area contributed by atoms with Crippen LogP contribution in [-0.2, 0) is 20.9 Å². The van der Waals surface area contributed by atoms with Crippen LogP contribution in [0.1, 0.15) is 18.4 Å². The molecule has 1 aromatic rings. The highest BCUT2D eigenvalue weighted by Gasteiger charge is 2.24. The van der Waals surface area contributed by atoms with Crippen molar-refractivity contribution in [3.8, 4) is 11.5 Å². The SMILES string of the molecule is COC(=O)N1CCC(CNC(=O)C(=O)NCc2ccc3c(c2)OCO3)CC1. The van der Waals surface area contributed by atoms with Crippen LogP contribution in [0, 0.1) is 5.92 Å². The number of fused-ring (bicyclic) bond motifs is 1. The second-order valence-corrected chi connectivity index (χ2v) is 6.48. The molecule has 2 aliphatic heterocycles. The minimum atomic E-state index is -0.681. The number of methoxy groups -OCH3 is 1. The van der Waals surface area contributed by atoms with Crippen molar-refractivity contribution < 1.29 is 28.6 Å². The maximum atomic E-state index is 12.0. The summed E-state index contributed by atoms with van der Waals surface area (Å²) in [6, 6.07) is 5.35. The molecule has 0 aromatic heterocycles. The molecule has 3 rings (SSSR count). The number of ether oxygens (including phenoxy) is 3. The zero-order valence-corrected chi connectivity index (χ0v) is 15.2. The molecular formula is C18H23N3O6. The van der Waals surface area contributed by atoms with E-state index in [9.17, 15) is 14.4 Å². The molecule has 2 aliphatic rings. The lowest BCUT2D eigenvalue weighted by Gasteiger charge is -2.30. The molecule has 0 spiro atoms. The molecule has 9 nitrogen and oxygen atoms in total. The first-order valence-electron chi connectivity index (χ1n) is 8.84. The first-order chi connectivity index (χ1) is 13.1. The van der Waals surface area contributed by atoms with Crippen LogP contribution in [0.2, 0.25) is 0 Å². The van der Waals surface area contributed by atoms with Gasteiger partial charge in [0.15, 0.2) is 11.5 Å².